The molecule has 7 heteroatoms. The lowest BCUT2D eigenvalue weighted by Gasteiger charge is -2.12. The largest absolute Gasteiger partial charge is 0.496 e. The van der Waals surface area contributed by atoms with Gasteiger partial charge in [-0.2, -0.15) is 5.26 Å². The zero-order valence-electron chi connectivity index (χ0n) is 14.5. The van der Waals surface area contributed by atoms with Crippen LogP contribution < -0.4 is 19.5 Å². The first-order valence-electron chi connectivity index (χ1n) is 7.51. The lowest BCUT2D eigenvalue weighted by Crippen LogP contribution is -2.14. The molecule has 0 fully saturated rings. The van der Waals surface area contributed by atoms with Gasteiger partial charge >= 0.3 is 0 Å². The van der Waals surface area contributed by atoms with Crippen molar-refractivity contribution >= 4 is 17.7 Å². The summed E-state index contributed by atoms with van der Waals surface area (Å²) in [4.78, 5) is 12.3. The summed E-state index contributed by atoms with van der Waals surface area (Å²) >= 11 is 0. The van der Waals surface area contributed by atoms with E-state index in [-0.39, 0.29) is 11.3 Å². The molecule has 0 aromatic heterocycles. The van der Waals surface area contributed by atoms with E-state index >= 15 is 0 Å². The molecule has 2 aromatic rings. The fourth-order valence-corrected chi connectivity index (χ4v) is 2.22. The second-order valence-electron chi connectivity index (χ2n) is 5.05. The molecule has 26 heavy (non-hydrogen) atoms. The van der Waals surface area contributed by atoms with Crippen LogP contribution in [0.2, 0.25) is 0 Å². The number of para-hydroxylation sites is 1. The molecular formula is C19H17FN2O4. The summed E-state index contributed by atoms with van der Waals surface area (Å²) in [6.07, 6.45) is 1.33. The Morgan fingerprint density at radius 3 is 2.27 bits per heavy atom. The maximum atomic E-state index is 13.7. The normalized spacial score (nSPS) is 10.7. The van der Waals surface area contributed by atoms with Crippen LogP contribution in [-0.2, 0) is 4.79 Å². The van der Waals surface area contributed by atoms with Gasteiger partial charge in [0.15, 0.2) is 11.5 Å². The average molecular weight is 356 g/mol. The van der Waals surface area contributed by atoms with E-state index in [1.54, 1.807) is 24.3 Å². The third-order valence-corrected chi connectivity index (χ3v) is 3.52. The van der Waals surface area contributed by atoms with Crippen molar-refractivity contribution in [1.29, 1.82) is 5.26 Å². The van der Waals surface area contributed by atoms with Crippen LogP contribution in [-0.4, -0.2) is 27.2 Å². The Morgan fingerprint density at radius 1 is 1.08 bits per heavy atom. The predicted octanol–water partition coefficient (Wildman–Crippen LogP) is 3.40. The van der Waals surface area contributed by atoms with Crippen molar-refractivity contribution in [3.8, 4) is 23.3 Å². The average Bonchev–Trinajstić information content (AvgIpc) is 2.66. The fourth-order valence-electron chi connectivity index (χ4n) is 2.22. The Balaban J connectivity index is 2.40. The van der Waals surface area contributed by atoms with Gasteiger partial charge in [-0.3, -0.25) is 4.79 Å². The fraction of sp³-hybridized carbons (Fsp3) is 0.158. The molecule has 0 bridgehead atoms. The minimum atomic E-state index is -0.741. The van der Waals surface area contributed by atoms with Gasteiger partial charge in [0.2, 0.25) is 0 Å². The number of nitriles is 1. The Bertz CT molecular complexity index is 888. The number of ether oxygens (including phenoxy) is 3. The highest BCUT2D eigenvalue weighted by Gasteiger charge is 2.15. The standard InChI is InChI=1S/C19H17FN2O4/c1-24-16-10-18(26-3)17(25-2)9-12(16)8-13(11-21)19(23)22-15-7-5-4-6-14(15)20/h4-10H,1-3H3,(H,22,23)/b13-8+. The topological polar surface area (TPSA) is 80.6 Å². The zero-order valence-corrected chi connectivity index (χ0v) is 14.5. The molecule has 0 atom stereocenters. The minimum Gasteiger partial charge on any atom is -0.496 e. The van der Waals surface area contributed by atoms with Gasteiger partial charge in [-0.05, 0) is 24.3 Å². The molecule has 2 aromatic carbocycles. The summed E-state index contributed by atoms with van der Waals surface area (Å²) in [6.45, 7) is 0. The smallest absolute Gasteiger partial charge is 0.266 e. The van der Waals surface area contributed by atoms with Gasteiger partial charge in [0, 0.05) is 11.6 Å². The number of halogens is 1. The number of nitrogens with one attached hydrogen (secondary N) is 1. The molecule has 0 saturated heterocycles. The Morgan fingerprint density at radius 2 is 1.69 bits per heavy atom. The van der Waals surface area contributed by atoms with Crippen LogP contribution in [0.5, 0.6) is 17.2 Å². The van der Waals surface area contributed by atoms with Gasteiger partial charge in [0.1, 0.15) is 23.2 Å². The molecule has 0 aliphatic rings. The maximum absolute atomic E-state index is 13.7. The van der Waals surface area contributed by atoms with E-state index in [1.165, 1.54) is 45.6 Å². The van der Waals surface area contributed by atoms with Crippen molar-refractivity contribution < 1.29 is 23.4 Å². The molecule has 134 valence electrons. The Kier molecular flexibility index (Phi) is 6.17. The first kappa shape index (κ1) is 18.8. The van der Waals surface area contributed by atoms with E-state index < -0.39 is 11.7 Å². The van der Waals surface area contributed by atoms with Crippen LogP contribution in [0.3, 0.4) is 0 Å². The molecule has 6 nitrogen and oxygen atoms in total. The van der Waals surface area contributed by atoms with Crippen LogP contribution in [0, 0.1) is 17.1 Å². The Labute approximate surface area is 150 Å². The summed E-state index contributed by atoms with van der Waals surface area (Å²) in [5.41, 5.74) is 0.196. The van der Waals surface area contributed by atoms with Crippen LogP contribution in [0.1, 0.15) is 5.56 Å². The first-order chi connectivity index (χ1) is 12.5. The lowest BCUT2D eigenvalue weighted by molar-refractivity contribution is -0.112. The summed E-state index contributed by atoms with van der Waals surface area (Å²) < 4.78 is 29.4. The SMILES string of the molecule is COc1cc(OC)c(OC)cc1/C=C(\C#N)C(=O)Nc1ccccc1F. The number of hydrogen-bond donors (Lipinski definition) is 1. The highest BCUT2D eigenvalue weighted by Crippen LogP contribution is 2.35. The van der Waals surface area contributed by atoms with Crippen LogP contribution in [0.25, 0.3) is 6.08 Å². The van der Waals surface area contributed by atoms with E-state index in [9.17, 15) is 14.4 Å². The molecular weight excluding hydrogens is 339 g/mol. The van der Waals surface area contributed by atoms with E-state index in [4.69, 9.17) is 14.2 Å². The van der Waals surface area contributed by atoms with E-state index in [0.29, 0.717) is 22.8 Å². The number of amides is 1. The second-order valence-corrected chi connectivity index (χ2v) is 5.05. The van der Waals surface area contributed by atoms with Gasteiger partial charge < -0.3 is 19.5 Å². The number of methoxy groups -OCH3 is 3. The van der Waals surface area contributed by atoms with Crippen molar-refractivity contribution in [2.75, 3.05) is 26.6 Å². The molecule has 1 amide bonds. The third-order valence-electron chi connectivity index (χ3n) is 3.52. The minimum absolute atomic E-state index is 0.0158. The number of rotatable bonds is 6. The maximum Gasteiger partial charge on any atom is 0.266 e. The molecule has 0 heterocycles. The van der Waals surface area contributed by atoms with Gasteiger partial charge in [0.25, 0.3) is 5.91 Å². The highest BCUT2D eigenvalue weighted by molar-refractivity contribution is 6.09. The lowest BCUT2D eigenvalue weighted by atomic mass is 10.1. The molecule has 0 saturated carbocycles. The molecule has 2 rings (SSSR count). The van der Waals surface area contributed by atoms with Crippen molar-refractivity contribution in [3.05, 3.63) is 53.4 Å². The highest BCUT2D eigenvalue weighted by atomic mass is 19.1. The van der Waals surface area contributed by atoms with Crippen LogP contribution >= 0.6 is 0 Å². The molecule has 0 unspecified atom stereocenters. The monoisotopic (exact) mass is 356 g/mol. The molecule has 0 spiro atoms. The van der Waals surface area contributed by atoms with E-state index in [1.807, 2.05) is 0 Å². The van der Waals surface area contributed by atoms with Crippen LogP contribution in [0.4, 0.5) is 10.1 Å². The number of benzene rings is 2. The summed E-state index contributed by atoms with van der Waals surface area (Å²) in [6, 6.07) is 10.6. The van der Waals surface area contributed by atoms with Crippen molar-refractivity contribution in [2.24, 2.45) is 0 Å². The molecule has 0 radical (unpaired) electrons. The second kappa shape index (κ2) is 8.53. The predicted molar refractivity (Wildman–Crippen MR) is 94.7 cm³/mol. The summed E-state index contributed by atoms with van der Waals surface area (Å²) in [5.74, 6) is -0.104. The summed E-state index contributed by atoms with van der Waals surface area (Å²) in [7, 11) is 4.40. The number of carbonyl (C=O) groups excluding carboxylic acids is 1. The number of anilines is 1. The quantitative estimate of drug-likeness (QED) is 0.634. The van der Waals surface area contributed by atoms with E-state index in [0.717, 1.165) is 0 Å². The molecule has 0 aliphatic carbocycles. The number of carbonyl (C=O) groups is 1. The summed E-state index contributed by atoms with van der Waals surface area (Å²) in [5, 5.41) is 11.7. The molecule has 0 aliphatic heterocycles. The van der Waals surface area contributed by atoms with Crippen molar-refractivity contribution in [1.82, 2.24) is 0 Å². The Hall–Kier alpha value is -3.53. The molecule has 1 N–H and O–H groups in total. The van der Waals surface area contributed by atoms with Gasteiger partial charge in [-0.25, -0.2) is 4.39 Å². The third kappa shape index (κ3) is 4.11. The zero-order chi connectivity index (χ0) is 19.1. The van der Waals surface area contributed by atoms with E-state index in [2.05, 4.69) is 5.32 Å². The van der Waals surface area contributed by atoms with Crippen molar-refractivity contribution in [2.45, 2.75) is 0 Å². The van der Waals surface area contributed by atoms with Crippen LogP contribution in [0.15, 0.2) is 42.0 Å². The van der Waals surface area contributed by atoms with Gasteiger partial charge in [-0.15, -0.1) is 0 Å². The number of hydrogen-bond acceptors (Lipinski definition) is 5. The number of nitrogens with zero attached hydrogens (tertiary/aromatic N) is 1. The van der Waals surface area contributed by atoms with Gasteiger partial charge in [-0.1, -0.05) is 12.1 Å². The van der Waals surface area contributed by atoms with Gasteiger partial charge in [0.05, 0.1) is 27.0 Å². The first-order valence-corrected chi connectivity index (χ1v) is 7.51. The van der Waals surface area contributed by atoms with Crippen molar-refractivity contribution in [3.63, 3.8) is 0 Å².